The maximum absolute atomic E-state index is 14.1. The summed E-state index contributed by atoms with van der Waals surface area (Å²) in [4.78, 5) is 38.0. The van der Waals surface area contributed by atoms with E-state index < -0.39 is 53.3 Å². The number of primary amides is 1. The van der Waals surface area contributed by atoms with Crippen molar-refractivity contribution >= 4 is 17.7 Å². The minimum Gasteiger partial charge on any atom is -0.368 e. The Morgan fingerprint density at radius 1 is 1.17 bits per heavy atom. The fraction of sp³-hybridized carbons (Fsp3) is 0.526. The highest BCUT2D eigenvalue weighted by Gasteiger charge is 2.55. The Hall–Kier alpha value is -2.62. The highest BCUT2D eigenvalue weighted by Crippen LogP contribution is 2.48. The van der Waals surface area contributed by atoms with Crippen LogP contribution < -0.4 is 16.8 Å². The van der Waals surface area contributed by atoms with Crippen LogP contribution in [0.3, 0.4) is 0 Å². The molecule has 5 N–H and O–H groups in total. The van der Waals surface area contributed by atoms with Gasteiger partial charge in [-0.1, -0.05) is 0 Å². The number of fused-ring (bicyclic) bond motifs is 1. The average molecular weight is 412 g/mol. The highest BCUT2D eigenvalue weighted by atomic mass is 19.2. The molecule has 1 aliphatic heterocycles. The zero-order valence-electron chi connectivity index (χ0n) is 15.8. The SMILES string of the molecule is CC(N)C(=O)N[C@@H](CC(=O)N1C(C(N)=O)CC2CC21)Cc1cc(F)c(F)cc1F. The molecule has 0 aromatic heterocycles. The van der Waals surface area contributed by atoms with E-state index in [1.165, 1.54) is 11.8 Å². The number of benzene rings is 1. The molecule has 1 aromatic carbocycles. The van der Waals surface area contributed by atoms with Gasteiger partial charge in [-0.3, -0.25) is 14.4 Å². The Morgan fingerprint density at radius 3 is 2.45 bits per heavy atom. The van der Waals surface area contributed by atoms with E-state index in [9.17, 15) is 27.6 Å². The van der Waals surface area contributed by atoms with Gasteiger partial charge in [0.1, 0.15) is 11.9 Å². The molecule has 4 unspecified atom stereocenters. The number of nitrogens with zero attached hydrogens (tertiary/aromatic N) is 1. The summed E-state index contributed by atoms with van der Waals surface area (Å²) < 4.78 is 40.8. The number of nitrogens with two attached hydrogens (primary N) is 2. The third-order valence-electron chi connectivity index (χ3n) is 5.46. The Labute approximate surface area is 165 Å². The number of hydrogen-bond acceptors (Lipinski definition) is 4. The van der Waals surface area contributed by atoms with Crippen LogP contribution in [0.1, 0.15) is 31.7 Å². The lowest BCUT2D eigenvalue weighted by atomic mass is 10.0. The molecule has 2 aliphatic rings. The molecule has 10 heteroatoms. The van der Waals surface area contributed by atoms with E-state index in [1.807, 2.05) is 0 Å². The van der Waals surface area contributed by atoms with Crippen LogP contribution >= 0.6 is 0 Å². The molecule has 1 aromatic rings. The monoisotopic (exact) mass is 412 g/mol. The molecule has 29 heavy (non-hydrogen) atoms. The first kappa shape index (κ1) is 21.1. The number of amides is 3. The standard InChI is InChI=1S/C19H23F3N4O3/c1-8(23)19(29)25-11(2-9-3-13(21)14(22)7-12(9)20)6-17(27)26-15-4-10(15)5-16(26)18(24)28/h3,7-8,10-11,15-16H,2,4-6,23H2,1H3,(H2,24,28)(H,25,29)/t8?,10?,11-,15?,16?/m1/s1. The number of piperidine rings is 1. The predicted octanol–water partition coefficient (Wildman–Crippen LogP) is 0.343. The van der Waals surface area contributed by atoms with E-state index in [1.54, 1.807) is 0 Å². The number of rotatable bonds is 7. The van der Waals surface area contributed by atoms with E-state index in [2.05, 4.69) is 5.32 Å². The lowest BCUT2D eigenvalue weighted by molar-refractivity contribution is -0.139. The lowest BCUT2D eigenvalue weighted by Crippen LogP contribution is -2.50. The molecular formula is C19H23F3N4O3. The van der Waals surface area contributed by atoms with Gasteiger partial charge in [-0.15, -0.1) is 0 Å². The van der Waals surface area contributed by atoms with Gasteiger partial charge in [-0.25, -0.2) is 13.2 Å². The molecule has 5 atom stereocenters. The van der Waals surface area contributed by atoms with Gasteiger partial charge in [0.2, 0.25) is 17.7 Å². The molecule has 2 fully saturated rings. The predicted molar refractivity (Wildman–Crippen MR) is 96.6 cm³/mol. The second kappa shape index (κ2) is 8.02. The number of carbonyl (C=O) groups is 3. The van der Waals surface area contributed by atoms with Gasteiger partial charge < -0.3 is 21.7 Å². The lowest BCUT2D eigenvalue weighted by Gasteiger charge is -2.28. The Kier molecular flexibility index (Phi) is 5.83. The second-order valence-electron chi connectivity index (χ2n) is 7.78. The van der Waals surface area contributed by atoms with Gasteiger partial charge in [0.15, 0.2) is 11.6 Å². The highest BCUT2D eigenvalue weighted by molar-refractivity contribution is 5.89. The summed E-state index contributed by atoms with van der Waals surface area (Å²) in [5.74, 6) is -4.93. The molecule has 3 rings (SSSR count). The van der Waals surface area contributed by atoms with E-state index in [0.29, 0.717) is 18.6 Å². The average Bonchev–Trinajstić information content (AvgIpc) is 3.28. The van der Waals surface area contributed by atoms with Crippen LogP contribution in [0, 0.1) is 23.4 Å². The molecular weight excluding hydrogens is 389 g/mol. The first-order valence-electron chi connectivity index (χ1n) is 9.38. The third kappa shape index (κ3) is 4.52. The molecule has 0 spiro atoms. The van der Waals surface area contributed by atoms with Gasteiger partial charge in [0.05, 0.1) is 6.04 Å². The molecule has 1 heterocycles. The van der Waals surface area contributed by atoms with E-state index in [-0.39, 0.29) is 30.4 Å². The van der Waals surface area contributed by atoms with Crippen molar-refractivity contribution in [2.75, 3.05) is 0 Å². The maximum atomic E-state index is 14.1. The minimum absolute atomic E-state index is 0.0650. The summed E-state index contributed by atoms with van der Waals surface area (Å²) >= 11 is 0. The van der Waals surface area contributed by atoms with Gasteiger partial charge in [-0.05, 0) is 43.7 Å². The van der Waals surface area contributed by atoms with Crippen LogP contribution in [-0.2, 0) is 20.8 Å². The fourth-order valence-electron chi connectivity index (χ4n) is 3.88. The minimum atomic E-state index is -1.33. The largest absolute Gasteiger partial charge is 0.368 e. The second-order valence-corrected chi connectivity index (χ2v) is 7.78. The zero-order chi connectivity index (χ0) is 21.5. The number of nitrogens with one attached hydrogen (secondary N) is 1. The molecule has 1 saturated heterocycles. The van der Waals surface area contributed by atoms with Gasteiger partial charge in [0, 0.05) is 24.6 Å². The van der Waals surface area contributed by atoms with Crippen LogP contribution in [0.25, 0.3) is 0 Å². The van der Waals surface area contributed by atoms with E-state index >= 15 is 0 Å². The molecule has 3 amide bonds. The summed E-state index contributed by atoms with van der Waals surface area (Å²) in [7, 11) is 0. The van der Waals surface area contributed by atoms with Crippen molar-refractivity contribution in [2.24, 2.45) is 17.4 Å². The van der Waals surface area contributed by atoms with Crippen molar-refractivity contribution in [1.29, 1.82) is 0 Å². The van der Waals surface area contributed by atoms with Crippen LogP contribution in [0.15, 0.2) is 12.1 Å². The normalized spacial score (nSPS) is 24.6. The van der Waals surface area contributed by atoms with Crippen molar-refractivity contribution in [3.05, 3.63) is 35.1 Å². The zero-order valence-corrected chi connectivity index (χ0v) is 15.8. The van der Waals surface area contributed by atoms with E-state index in [4.69, 9.17) is 11.5 Å². The van der Waals surface area contributed by atoms with Crippen molar-refractivity contribution < 1.29 is 27.6 Å². The smallest absolute Gasteiger partial charge is 0.240 e. The van der Waals surface area contributed by atoms with Gasteiger partial charge >= 0.3 is 0 Å². The van der Waals surface area contributed by atoms with Crippen LogP contribution in [-0.4, -0.2) is 46.8 Å². The molecule has 0 radical (unpaired) electrons. The summed E-state index contributed by atoms with van der Waals surface area (Å²) in [5, 5.41) is 2.54. The number of halogens is 3. The molecule has 158 valence electrons. The molecule has 7 nitrogen and oxygen atoms in total. The van der Waals surface area contributed by atoms with Crippen LogP contribution in [0.4, 0.5) is 13.2 Å². The van der Waals surface area contributed by atoms with Crippen molar-refractivity contribution in [3.8, 4) is 0 Å². The van der Waals surface area contributed by atoms with Crippen LogP contribution in [0.5, 0.6) is 0 Å². The first-order chi connectivity index (χ1) is 13.6. The van der Waals surface area contributed by atoms with Crippen molar-refractivity contribution in [1.82, 2.24) is 10.2 Å². The number of hydrogen-bond donors (Lipinski definition) is 3. The first-order valence-corrected chi connectivity index (χ1v) is 9.38. The van der Waals surface area contributed by atoms with Crippen LogP contribution in [0.2, 0.25) is 0 Å². The molecule has 1 aliphatic carbocycles. The Balaban J connectivity index is 1.78. The summed E-state index contributed by atoms with van der Waals surface area (Å²) in [6.45, 7) is 1.44. The van der Waals surface area contributed by atoms with Gasteiger partial charge in [-0.2, -0.15) is 0 Å². The van der Waals surface area contributed by atoms with Gasteiger partial charge in [0.25, 0.3) is 0 Å². The Bertz CT molecular complexity index is 848. The fourth-order valence-corrected chi connectivity index (χ4v) is 3.88. The summed E-state index contributed by atoms with van der Waals surface area (Å²) in [5.41, 5.74) is 10.7. The molecule has 1 saturated carbocycles. The van der Waals surface area contributed by atoms with Crippen molar-refractivity contribution in [2.45, 2.75) is 56.8 Å². The summed E-state index contributed by atoms with van der Waals surface area (Å²) in [6, 6.07) is -1.48. The maximum Gasteiger partial charge on any atom is 0.240 e. The Morgan fingerprint density at radius 2 is 1.83 bits per heavy atom. The number of carbonyl (C=O) groups excluding carboxylic acids is 3. The quantitative estimate of drug-likeness (QED) is 0.560. The number of likely N-dealkylation sites (tertiary alicyclic amines) is 1. The van der Waals surface area contributed by atoms with E-state index in [0.717, 1.165) is 6.42 Å². The topological polar surface area (TPSA) is 119 Å². The van der Waals surface area contributed by atoms with Crippen molar-refractivity contribution in [3.63, 3.8) is 0 Å². The summed E-state index contributed by atoms with van der Waals surface area (Å²) in [6.07, 6.45) is 0.769. The third-order valence-corrected chi connectivity index (χ3v) is 5.46. The molecule has 0 bridgehead atoms.